The smallest absolute Gasteiger partial charge is 0.306 e. The van der Waals surface area contributed by atoms with Gasteiger partial charge in [0.1, 0.15) is 0 Å². The lowest BCUT2D eigenvalue weighted by molar-refractivity contribution is -0.150. The fraction of sp³-hybridized carbons (Fsp3) is 0.955. The van der Waals surface area contributed by atoms with Crippen molar-refractivity contribution in [2.24, 2.45) is 47.3 Å². The van der Waals surface area contributed by atoms with E-state index in [1.54, 1.807) is 0 Å². The van der Waals surface area contributed by atoms with Crippen LogP contribution in [-0.2, 0) is 19.1 Å². The molecule has 0 saturated carbocycles. The van der Waals surface area contributed by atoms with Crippen LogP contribution in [0.3, 0.4) is 0 Å². The molecule has 0 aromatic carbocycles. The van der Waals surface area contributed by atoms with Crippen LogP contribution in [0.2, 0.25) is 0 Å². The van der Waals surface area contributed by atoms with Gasteiger partial charge in [0.05, 0.1) is 26.1 Å². The van der Waals surface area contributed by atoms with Crippen molar-refractivity contribution in [1.29, 1.82) is 0 Å². The lowest BCUT2D eigenvalue weighted by atomic mass is 9.91. The highest BCUT2D eigenvalue weighted by Crippen LogP contribution is 2.24. The minimum atomic E-state index is -0.283. The third-order valence-electron chi connectivity index (χ3n) is 10.8. The van der Waals surface area contributed by atoms with Gasteiger partial charge in [0.2, 0.25) is 0 Å². The van der Waals surface area contributed by atoms with Crippen molar-refractivity contribution in [1.82, 2.24) is 0 Å². The van der Waals surface area contributed by atoms with Gasteiger partial charge in [-0.3, -0.25) is 9.59 Å². The van der Waals surface area contributed by atoms with Crippen LogP contribution >= 0.6 is 0 Å². The molecule has 0 amide bonds. The molecule has 0 heterocycles. The predicted molar refractivity (Wildman–Crippen MR) is 208 cm³/mol. The third-order valence-corrected chi connectivity index (χ3v) is 10.8. The van der Waals surface area contributed by atoms with Gasteiger partial charge in [-0.2, -0.15) is 0 Å². The molecule has 0 bridgehead atoms. The molecule has 0 aliphatic rings. The van der Waals surface area contributed by atoms with Crippen LogP contribution in [0, 0.1) is 47.3 Å². The summed E-state index contributed by atoms with van der Waals surface area (Å²) in [7, 11) is 0. The quantitative estimate of drug-likeness (QED) is 0.0648. The minimum absolute atomic E-state index is 0.116. The second-order valence-electron chi connectivity index (χ2n) is 17.5. The Kier molecular flexibility index (Phi) is 30.1. The van der Waals surface area contributed by atoms with E-state index in [-0.39, 0.29) is 24.8 Å². The van der Waals surface area contributed by atoms with Crippen LogP contribution in [0.4, 0.5) is 0 Å². The monoisotopic (exact) mass is 679 g/mol. The molecule has 0 aromatic heterocycles. The molecule has 0 aliphatic heterocycles. The molecule has 48 heavy (non-hydrogen) atoms. The van der Waals surface area contributed by atoms with Gasteiger partial charge in [0, 0.05) is 0 Å². The molecule has 4 heteroatoms. The molecule has 0 saturated heterocycles. The van der Waals surface area contributed by atoms with Crippen LogP contribution in [0.25, 0.3) is 0 Å². The molecule has 0 aliphatic carbocycles. The van der Waals surface area contributed by atoms with Crippen molar-refractivity contribution >= 4 is 11.9 Å². The van der Waals surface area contributed by atoms with Crippen molar-refractivity contribution in [3.63, 3.8) is 0 Å². The second kappa shape index (κ2) is 30.7. The highest BCUT2D eigenvalue weighted by Gasteiger charge is 2.13. The molecule has 286 valence electrons. The second-order valence-corrected chi connectivity index (χ2v) is 17.5. The first-order chi connectivity index (χ1) is 22.8. The summed E-state index contributed by atoms with van der Waals surface area (Å²) in [6.07, 6.45) is 25.9. The maximum Gasteiger partial charge on any atom is 0.306 e. The Morgan fingerprint density at radius 3 is 0.771 bits per heavy atom. The molecular formula is C44H86O4. The van der Waals surface area contributed by atoms with Crippen molar-refractivity contribution in [3.8, 4) is 0 Å². The normalized spacial score (nSPS) is 15.7. The minimum Gasteiger partial charge on any atom is -0.466 e. The van der Waals surface area contributed by atoms with Crippen molar-refractivity contribution < 1.29 is 19.1 Å². The molecule has 0 spiro atoms. The summed E-state index contributed by atoms with van der Waals surface area (Å²) in [5, 5.41) is 0. The summed E-state index contributed by atoms with van der Waals surface area (Å²) in [5.41, 5.74) is 0. The highest BCUT2D eigenvalue weighted by molar-refractivity contribution is 5.77. The summed E-state index contributed by atoms with van der Waals surface area (Å²) in [6.45, 7) is 24.4. The van der Waals surface area contributed by atoms with Gasteiger partial charge >= 0.3 is 11.9 Å². The fourth-order valence-corrected chi connectivity index (χ4v) is 6.97. The SMILES string of the molecule is CC(C)CCCC(C)CCCC(C)CCCC(C)CCOC(=O)CCC(=O)OCCC(C)CCCC(C)CCCC(C)CCCC(C)C. The first kappa shape index (κ1) is 46.9. The fourth-order valence-electron chi connectivity index (χ4n) is 6.97. The summed E-state index contributed by atoms with van der Waals surface area (Å²) >= 11 is 0. The molecule has 0 fully saturated rings. The summed E-state index contributed by atoms with van der Waals surface area (Å²) in [4.78, 5) is 24.3. The van der Waals surface area contributed by atoms with Gasteiger partial charge in [-0.15, -0.1) is 0 Å². The number of rotatable bonds is 33. The van der Waals surface area contributed by atoms with Crippen molar-refractivity contribution in [2.75, 3.05) is 13.2 Å². The van der Waals surface area contributed by atoms with E-state index < -0.39 is 0 Å². The summed E-state index contributed by atoms with van der Waals surface area (Å²) < 4.78 is 10.9. The Balaban J connectivity index is 3.74. The average molecular weight is 679 g/mol. The van der Waals surface area contributed by atoms with Gasteiger partial charge in [-0.25, -0.2) is 0 Å². The molecular weight excluding hydrogens is 592 g/mol. The van der Waals surface area contributed by atoms with E-state index in [9.17, 15) is 9.59 Å². The number of carbonyl (C=O) groups is 2. The number of hydrogen-bond donors (Lipinski definition) is 0. The number of esters is 2. The Morgan fingerprint density at radius 1 is 0.333 bits per heavy atom. The molecule has 6 unspecified atom stereocenters. The first-order valence-corrected chi connectivity index (χ1v) is 21.1. The van der Waals surface area contributed by atoms with Crippen LogP contribution in [-0.4, -0.2) is 25.2 Å². The molecule has 0 radical (unpaired) electrons. The van der Waals surface area contributed by atoms with E-state index in [1.807, 2.05) is 0 Å². The largest absolute Gasteiger partial charge is 0.466 e. The predicted octanol–water partition coefficient (Wildman–Crippen LogP) is 13.8. The van der Waals surface area contributed by atoms with E-state index in [0.29, 0.717) is 25.0 Å². The van der Waals surface area contributed by atoms with Gasteiger partial charge in [-0.1, -0.05) is 185 Å². The van der Waals surface area contributed by atoms with Crippen LogP contribution in [0.5, 0.6) is 0 Å². The lowest BCUT2D eigenvalue weighted by Crippen LogP contribution is -2.13. The maximum absolute atomic E-state index is 12.2. The van der Waals surface area contributed by atoms with Gasteiger partial charge < -0.3 is 9.47 Å². The zero-order valence-electron chi connectivity index (χ0n) is 34.2. The third kappa shape index (κ3) is 32.2. The number of carbonyl (C=O) groups excluding carboxylic acids is 2. The van der Waals surface area contributed by atoms with E-state index >= 15 is 0 Å². The van der Waals surface area contributed by atoms with E-state index in [1.165, 1.54) is 116 Å². The molecule has 4 nitrogen and oxygen atoms in total. The van der Waals surface area contributed by atoms with Crippen LogP contribution in [0.15, 0.2) is 0 Å². The molecule has 0 rings (SSSR count). The summed E-state index contributed by atoms with van der Waals surface area (Å²) in [6, 6.07) is 0. The number of hydrogen-bond acceptors (Lipinski definition) is 4. The summed E-state index contributed by atoms with van der Waals surface area (Å²) in [5.74, 6) is 5.54. The molecule has 0 N–H and O–H groups in total. The van der Waals surface area contributed by atoms with Crippen LogP contribution in [0.1, 0.15) is 210 Å². The highest BCUT2D eigenvalue weighted by atomic mass is 16.5. The first-order valence-electron chi connectivity index (χ1n) is 21.1. The van der Waals surface area contributed by atoms with Crippen molar-refractivity contribution in [3.05, 3.63) is 0 Å². The Morgan fingerprint density at radius 2 is 0.542 bits per heavy atom. The zero-order chi connectivity index (χ0) is 36.2. The Bertz CT molecular complexity index is 684. The maximum atomic E-state index is 12.2. The molecule has 6 atom stereocenters. The van der Waals surface area contributed by atoms with Crippen LogP contribution < -0.4 is 0 Å². The standard InChI is InChI=1S/C44H86O4/c1-35(2)17-11-19-37(5)21-13-23-39(7)25-15-27-41(9)31-33-47-43(45)29-30-44(46)48-34-32-42(10)28-16-26-40(8)24-14-22-38(6)20-12-18-36(3)4/h35-42H,11-34H2,1-10H3. The zero-order valence-corrected chi connectivity index (χ0v) is 34.2. The van der Waals surface area contributed by atoms with Gasteiger partial charge in [0.15, 0.2) is 0 Å². The molecule has 0 aromatic rings. The Labute approximate surface area is 301 Å². The Hall–Kier alpha value is -1.06. The van der Waals surface area contributed by atoms with E-state index in [4.69, 9.17) is 9.47 Å². The topological polar surface area (TPSA) is 52.6 Å². The van der Waals surface area contributed by atoms with Crippen molar-refractivity contribution in [2.45, 2.75) is 210 Å². The number of ether oxygens (including phenoxy) is 2. The van der Waals surface area contributed by atoms with E-state index in [2.05, 4.69) is 69.2 Å². The van der Waals surface area contributed by atoms with Gasteiger partial charge in [-0.05, 0) is 60.2 Å². The van der Waals surface area contributed by atoms with E-state index in [0.717, 1.165) is 48.3 Å². The average Bonchev–Trinajstić information content (AvgIpc) is 2.99. The van der Waals surface area contributed by atoms with Gasteiger partial charge in [0.25, 0.3) is 0 Å². The lowest BCUT2D eigenvalue weighted by Gasteiger charge is -2.16.